The fraction of sp³-hybridized carbons (Fsp3) is 0.167. The number of amides is 2. The van der Waals surface area contributed by atoms with Crippen molar-refractivity contribution in [3.63, 3.8) is 0 Å². The van der Waals surface area contributed by atoms with Crippen molar-refractivity contribution in [2.75, 3.05) is 39.5 Å². The number of carboxylic acid groups (broad SMARTS) is 2. The molecule has 82 heavy (non-hydrogen) atoms. The number of nitrogens with zero attached hydrogens (tertiary/aromatic N) is 4. The highest BCUT2D eigenvalue weighted by molar-refractivity contribution is 6.14. The van der Waals surface area contributed by atoms with Crippen molar-refractivity contribution < 1.29 is 48.5 Å². The maximum atomic E-state index is 14.2. The first-order valence-corrected chi connectivity index (χ1v) is 25.7. The van der Waals surface area contributed by atoms with Crippen molar-refractivity contribution in [2.24, 2.45) is 0 Å². The van der Waals surface area contributed by atoms with Gasteiger partial charge >= 0.3 is 23.3 Å². The molecule has 0 unspecified atom stereocenters. The molecule has 0 fully saturated rings. The van der Waals surface area contributed by atoms with Gasteiger partial charge in [-0.15, -0.1) is 0 Å². The Morgan fingerprint density at radius 3 is 1.24 bits per heavy atom. The molecule has 0 aliphatic carbocycles. The van der Waals surface area contributed by atoms with E-state index in [0.717, 1.165) is 33.3 Å². The smallest absolute Gasteiger partial charge is 0.329 e. The van der Waals surface area contributed by atoms with E-state index in [2.05, 4.69) is 20.6 Å². The summed E-state index contributed by atoms with van der Waals surface area (Å²) in [6, 6.07) is 33.4. The van der Waals surface area contributed by atoms with Crippen LogP contribution in [0.1, 0.15) is 63.9 Å². The van der Waals surface area contributed by atoms with Crippen LogP contribution in [0.2, 0.25) is 0 Å². The lowest BCUT2D eigenvalue weighted by atomic mass is 9.98. The molecule has 0 radical (unpaired) electrons. The van der Waals surface area contributed by atoms with E-state index in [1.54, 1.807) is 81.9 Å². The second kappa shape index (κ2) is 23.0. The summed E-state index contributed by atoms with van der Waals surface area (Å²) in [5.74, 6) is -4.09. The molecule has 4 aromatic carbocycles. The normalized spacial score (nSPS) is 11.4. The molecule has 22 nitrogen and oxygen atoms in total. The molecule has 0 aliphatic heterocycles. The van der Waals surface area contributed by atoms with Gasteiger partial charge in [-0.2, -0.15) is 0 Å². The van der Waals surface area contributed by atoms with Gasteiger partial charge in [-0.05, 0) is 109 Å². The van der Waals surface area contributed by atoms with Gasteiger partial charge in [0.15, 0.2) is 0 Å². The van der Waals surface area contributed by atoms with E-state index in [0.29, 0.717) is 42.8 Å². The van der Waals surface area contributed by atoms with Gasteiger partial charge in [0.2, 0.25) is 11.6 Å². The standard InChI is InChI=1S/C60H50N8O14/c1-33-49(45-7-3-5-23-65(45)51(33)53(73)39-17-19-41-43(29-39)63-59(79)67(57(41)77)31-47(69)70)35-9-13-37(14-10-35)55(75)61-21-25-81-27-28-82-26-22-62-56(76)38-15-11-36(12-16-38)50-34(2)52(66-24-6-4-8-46(50)66)54(74)40-18-20-42-44(30-40)64-60(80)68(58(42)78)32-48(71)72/h3-20,23-24,29-30H,21-22,25-28,31-32H2,1-2H3,(H,61,75)(H,62,76)(H,63,79)(H,64,80)(H,69,70)(H,71,72). The monoisotopic (exact) mass is 1110 g/mol. The van der Waals surface area contributed by atoms with Gasteiger partial charge in [-0.1, -0.05) is 48.5 Å². The van der Waals surface area contributed by atoms with Crippen LogP contribution in [0.15, 0.2) is 153 Å². The van der Waals surface area contributed by atoms with Gasteiger partial charge in [0.1, 0.15) is 13.1 Å². The van der Waals surface area contributed by atoms with Crippen LogP contribution in [-0.2, 0) is 32.2 Å². The largest absolute Gasteiger partial charge is 0.480 e. The molecule has 6 N–H and O–H groups in total. The van der Waals surface area contributed by atoms with Crippen LogP contribution in [0, 0.1) is 13.8 Å². The van der Waals surface area contributed by atoms with E-state index >= 15 is 0 Å². The number of rotatable bonds is 21. The highest BCUT2D eigenvalue weighted by Crippen LogP contribution is 2.36. The molecule has 0 saturated heterocycles. The number of carboxylic acids is 2. The number of aliphatic carboxylic acids is 2. The van der Waals surface area contributed by atoms with Crippen LogP contribution in [-0.4, -0.2) is 113 Å². The minimum Gasteiger partial charge on any atom is -0.480 e. The Morgan fingerprint density at radius 1 is 0.488 bits per heavy atom. The first-order chi connectivity index (χ1) is 39.5. The van der Waals surface area contributed by atoms with E-state index < -0.39 is 47.5 Å². The van der Waals surface area contributed by atoms with Crippen molar-refractivity contribution in [2.45, 2.75) is 26.9 Å². The zero-order valence-electron chi connectivity index (χ0n) is 43.9. The number of benzene rings is 4. The van der Waals surface area contributed by atoms with Gasteiger partial charge in [-0.3, -0.25) is 38.4 Å². The molecule has 22 heteroatoms. The molecule has 10 aromatic rings. The Bertz CT molecular complexity index is 4220. The van der Waals surface area contributed by atoms with Crippen LogP contribution in [0.25, 0.3) is 55.1 Å². The number of H-pyrrole nitrogens is 2. The third kappa shape index (κ3) is 10.7. The number of carbonyl (C=O) groups excluding carboxylic acids is 4. The lowest BCUT2D eigenvalue weighted by molar-refractivity contribution is -0.138. The summed E-state index contributed by atoms with van der Waals surface area (Å²) in [5, 5.41) is 24.1. The highest BCUT2D eigenvalue weighted by Gasteiger charge is 2.26. The van der Waals surface area contributed by atoms with Crippen molar-refractivity contribution in [3.8, 4) is 22.3 Å². The fourth-order valence-electron chi connectivity index (χ4n) is 10.2. The number of aromatic amines is 2. The second-order valence-corrected chi connectivity index (χ2v) is 19.1. The highest BCUT2D eigenvalue weighted by atomic mass is 16.5. The lowest BCUT2D eigenvalue weighted by Gasteiger charge is -2.09. The first-order valence-electron chi connectivity index (χ1n) is 25.7. The van der Waals surface area contributed by atoms with Crippen molar-refractivity contribution in [1.29, 1.82) is 0 Å². The Labute approximate surface area is 462 Å². The second-order valence-electron chi connectivity index (χ2n) is 19.1. The number of carbonyl (C=O) groups is 6. The van der Waals surface area contributed by atoms with Crippen molar-refractivity contribution >= 4 is 68.2 Å². The third-order valence-corrected chi connectivity index (χ3v) is 14.0. The number of nitrogens with one attached hydrogen (secondary N) is 4. The third-order valence-electron chi connectivity index (χ3n) is 14.0. The first kappa shape index (κ1) is 54.8. The molecule has 6 aromatic heterocycles. The number of aromatic nitrogens is 6. The van der Waals surface area contributed by atoms with Gasteiger partial charge in [0.05, 0.1) is 70.7 Å². The Hall–Kier alpha value is -10.6. The van der Waals surface area contributed by atoms with Crippen LogP contribution in [0.3, 0.4) is 0 Å². The number of fused-ring (bicyclic) bond motifs is 4. The van der Waals surface area contributed by atoms with Crippen molar-refractivity contribution in [3.05, 3.63) is 220 Å². The van der Waals surface area contributed by atoms with E-state index in [9.17, 15) is 47.9 Å². The number of ketones is 2. The molecular formula is C60H50N8O14. The number of ether oxygens (including phenoxy) is 2. The topological polar surface area (TPSA) is 304 Å². The summed E-state index contributed by atoms with van der Waals surface area (Å²) >= 11 is 0. The van der Waals surface area contributed by atoms with Crippen LogP contribution < -0.4 is 33.1 Å². The number of hydrogen-bond acceptors (Lipinski definition) is 12. The molecule has 0 saturated carbocycles. The summed E-state index contributed by atoms with van der Waals surface area (Å²) in [7, 11) is 0. The van der Waals surface area contributed by atoms with Gasteiger partial charge < -0.3 is 49.1 Å². The number of hydrogen-bond donors (Lipinski definition) is 6. The maximum Gasteiger partial charge on any atom is 0.329 e. The Morgan fingerprint density at radius 2 is 0.866 bits per heavy atom. The lowest BCUT2D eigenvalue weighted by Crippen LogP contribution is -2.37. The predicted molar refractivity (Wildman–Crippen MR) is 301 cm³/mol. The van der Waals surface area contributed by atoms with Gasteiger partial charge in [0, 0.05) is 58.9 Å². The Balaban J connectivity index is 0.681. The van der Waals surface area contributed by atoms with E-state index in [1.807, 2.05) is 38.1 Å². The summed E-state index contributed by atoms with van der Waals surface area (Å²) in [6.45, 7) is 3.39. The van der Waals surface area contributed by atoms with E-state index in [1.165, 1.54) is 36.4 Å². The minimum atomic E-state index is -1.35. The van der Waals surface area contributed by atoms with Gasteiger partial charge in [-0.25, -0.2) is 18.7 Å². The zero-order chi connectivity index (χ0) is 57.9. The molecular weight excluding hydrogens is 1060 g/mol. The molecule has 0 aliphatic rings. The van der Waals surface area contributed by atoms with Crippen LogP contribution >= 0.6 is 0 Å². The molecule has 0 atom stereocenters. The van der Waals surface area contributed by atoms with Crippen molar-refractivity contribution in [1.82, 2.24) is 38.5 Å². The molecule has 2 amide bonds. The average Bonchev–Trinajstić information content (AvgIpc) is 3.60. The quantitative estimate of drug-likeness (QED) is 0.0409. The van der Waals surface area contributed by atoms with E-state index in [-0.39, 0.29) is 95.8 Å². The van der Waals surface area contributed by atoms with E-state index in [4.69, 9.17) is 19.7 Å². The molecule has 414 valence electrons. The fourth-order valence-corrected chi connectivity index (χ4v) is 10.2. The summed E-state index contributed by atoms with van der Waals surface area (Å²) in [5.41, 5.74) is 4.50. The molecule has 0 spiro atoms. The van der Waals surface area contributed by atoms with Crippen LogP contribution in [0.5, 0.6) is 0 Å². The Kier molecular flexibility index (Phi) is 15.4. The SMILES string of the molecule is Cc1c(-c2ccc(C(=O)NCCOCCOCCNC(=O)c3ccc(-c4c(C)c(C(=O)c5ccc6c(=O)n(CC(=O)O)c(=O)[nH]c6c5)n5ccccc45)cc3)cc2)c2ccccn2c1C(=O)c1ccc2c(=O)n(CC(=O)O)c(=O)[nH]c2c1. The summed E-state index contributed by atoms with van der Waals surface area (Å²) in [4.78, 5) is 133. The molecule has 0 bridgehead atoms. The summed E-state index contributed by atoms with van der Waals surface area (Å²) in [6.07, 6.45) is 3.51. The maximum absolute atomic E-state index is 14.2. The minimum absolute atomic E-state index is 0.0535. The van der Waals surface area contributed by atoms with Gasteiger partial charge in [0.25, 0.3) is 22.9 Å². The van der Waals surface area contributed by atoms with Crippen LogP contribution in [0.4, 0.5) is 0 Å². The predicted octanol–water partition coefficient (Wildman–Crippen LogP) is 4.97. The molecule has 10 rings (SSSR count). The summed E-state index contributed by atoms with van der Waals surface area (Å²) < 4.78 is 16.0. The zero-order valence-corrected chi connectivity index (χ0v) is 43.9. The number of pyridine rings is 2. The molecule has 6 heterocycles. The average molecular weight is 1110 g/mol.